The first-order valence-electron chi connectivity index (χ1n) is 10.5. The minimum Gasteiger partial charge on any atom is -0.0776 e. The van der Waals surface area contributed by atoms with E-state index < -0.39 is 0 Å². The van der Waals surface area contributed by atoms with Crippen LogP contribution < -0.4 is 0 Å². The summed E-state index contributed by atoms with van der Waals surface area (Å²) in [5.74, 6) is 6.22. The number of rotatable bonds is 1. The summed E-state index contributed by atoms with van der Waals surface area (Å²) in [6.45, 7) is 10.4. The summed E-state index contributed by atoms with van der Waals surface area (Å²) in [6, 6.07) is 0. The Kier molecular flexibility index (Phi) is 5.94. The predicted molar refractivity (Wildman–Crippen MR) is 109 cm³/mol. The quantitative estimate of drug-likeness (QED) is 0.446. The molecule has 24 heavy (non-hydrogen) atoms. The first kappa shape index (κ1) is 20.4. The van der Waals surface area contributed by atoms with Gasteiger partial charge < -0.3 is 0 Å². The van der Waals surface area contributed by atoms with Gasteiger partial charge >= 0.3 is 0 Å². The summed E-state index contributed by atoms with van der Waals surface area (Å²) in [7, 11) is 0. The molecule has 0 aliphatic heterocycles. The van der Waals surface area contributed by atoms with Gasteiger partial charge in [0.25, 0.3) is 0 Å². The van der Waals surface area contributed by atoms with Crippen LogP contribution in [0.3, 0.4) is 0 Å². The van der Waals surface area contributed by atoms with Crippen molar-refractivity contribution in [2.75, 3.05) is 0 Å². The molecule has 0 aromatic rings. The zero-order valence-corrected chi connectivity index (χ0v) is 16.1. The van der Waals surface area contributed by atoms with Crippen LogP contribution in [0.1, 0.15) is 101 Å². The maximum absolute atomic E-state index is 2.71. The Morgan fingerprint density at radius 1 is 0.792 bits per heavy atom. The highest BCUT2D eigenvalue weighted by Gasteiger charge is 2.59. The second-order valence-corrected chi connectivity index (χ2v) is 10.4. The Bertz CT molecular complexity index is 436. The van der Waals surface area contributed by atoms with E-state index >= 15 is 0 Å². The van der Waals surface area contributed by atoms with E-state index in [4.69, 9.17) is 0 Å². The minimum atomic E-state index is 0. The van der Waals surface area contributed by atoms with Gasteiger partial charge in [0.05, 0.1) is 0 Å². The van der Waals surface area contributed by atoms with Gasteiger partial charge in [-0.25, -0.2) is 0 Å². The molecule has 0 bridgehead atoms. The molecule has 0 aromatic heterocycles. The van der Waals surface area contributed by atoms with E-state index in [1.54, 1.807) is 44.9 Å². The Labute approximate surface area is 156 Å². The van der Waals surface area contributed by atoms with Crippen molar-refractivity contribution in [2.24, 2.45) is 46.3 Å². The molecule has 0 nitrogen and oxygen atoms in total. The molecule has 1 heteroatoms. The molecule has 3 radical (unpaired) electrons. The highest BCUT2D eigenvalue weighted by Crippen LogP contribution is 2.68. The van der Waals surface area contributed by atoms with Gasteiger partial charge in [0.2, 0.25) is 0 Å². The van der Waals surface area contributed by atoms with E-state index in [1.165, 1.54) is 19.3 Å². The standard InChI is InChI=1S/C22H38.CH4.B.H2/c1-15(2)18-10-11-19-17-9-8-16-7-5-6-13-21(16,3)20(17)12-14-22(18,19)4;;;/h15-20H,5-14H2,1-4H3;1H4;;1H/t16?,17?,18?,19?,20?,21-,22+;;;/m0.../s1/i;;;1+1. The molecule has 4 aliphatic carbocycles. The van der Waals surface area contributed by atoms with Crippen molar-refractivity contribution in [1.29, 1.82) is 0 Å². The van der Waals surface area contributed by atoms with Crippen LogP contribution in [0, 0.1) is 46.3 Å². The van der Waals surface area contributed by atoms with E-state index in [-0.39, 0.29) is 17.3 Å². The monoisotopic (exact) mass is 332 g/mol. The topological polar surface area (TPSA) is 0 Å². The van der Waals surface area contributed by atoms with Crippen LogP contribution in [0.25, 0.3) is 0 Å². The molecule has 0 aromatic carbocycles. The smallest absolute Gasteiger partial charge is 0 e. The van der Waals surface area contributed by atoms with Crippen LogP contribution in [-0.2, 0) is 0 Å². The highest BCUT2D eigenvalue weighted by molar-refractivity contribution is 5.75. The fourth-order valence-corrected chi connectivity index (χ4v) is 8.43. The lowest BCUT2D eigenvalue weighted by atomic mass is 9.44. The van der Waals surface area contributed by atoms with Gasteiger partial charge in [-0.3, -0.25) is 0 Å². The average Bonchev–Trinajstić information content (AvgIpc) is 2.84. The van der Waals surface area contributed by atoms with Crippen LogP contribution in [0.15, 0.2) is 0 Å². The molecule has 7 atom stereocenters. The first-order valence-corrected chi connectivity index (χ1v) is 10.5. The predicted octanol–water partition coefficient (Wildman–Crippen LogP) is 7.19. The Hall–Kier alpha value is 0.0649. The van der Waals surface area contributed by atoms with Gasteiger partial charge in [-0.15, -0.1) is 0 Å². The fourth-order valence-electron chi connectivity index (χ4n) is 8.43. The molecular weight excluding hydrogens is 287 g/mol. The molecule has 4 fully saturated rings. The van der Waals surface area contributed by atoms with E-state index in [0.717, 1.165) is 40.9 Å². The second-order valence-electron chi connectivity index (χ2n) is 10.4. The molecule has 0 amide bonds. The highest BCUT2D eigenvalue weighted by atomic mass is 14.6. The largest absolute Gasteiger partial charge is 0.0776 e. The van der Waals surface area contributed by atoms with Crippen molar-refractivity contribution in [3.05, 3.63) is 0 Å². The maximum Gasteiger partial charge on any atom is 0 e. The van der Waals surface area contributed by atoms with Crippen molar-refractivity contribution in [3.8, 4) is 0 Å². The lowest BCUT2D eigenvalue weighted by Gasteiger charge is -2.60. The second kappa shape index (κ2) is 7.00. The Morgan fingerprint density at radius 2 is 1.50 bits per heavy atom. The van der Waals surface area contributed by atoms with Gasteiger partial charge in [-0.2, -0.15) is 0 Å². The van der Waals surface area contributed by atoms with E-state index in [0.29, 0.717) is 5.41 Å². The number of hydrogen-bond donors (Lipinski definition) is 0. The molecule has 5 unspecified atom stereocenters. The summed E-state index contributed by atoms with van der Waals surface area (Å²) < 4.78 is 0. The van der Waals surface area contributed by atoms with Crippen molar-refractivity contribution < 1.29 is 1.43 Å². The third kappa shape index (κ3) is 2.71. The van der Waals surface area contributed by atoms with Crippen LogP contribution >= 0.6 is 0 Å². The molecule has 4 rings (SSSR count). The Morgan fingerprint density at radius 3 is 2.21 bits per heavy atom. The van der Waals surface area contributed by atoms with E-state index in [2.05, 4.69) is 27.7 Å². The van der Waals surface area contributed by atoms with Gasteiger partial charge in [0.15, 0.2) is 0 Å². The van der Waals surface area contributed by atoms with Gasteiger partial charge in [-0.1, -0.05) is 48.0 Å². The van der Waals surface area contributed by atoms with Crippen LogP contribution in [0.4, 0.5) is 0 Å². The number of fused-ring (bicyclic) bond motifs is 5. The summed E-state index contributed by atoms with van der Waals surface area (Å²) in [6.07, 6.45) is 15.5. The molecule has 0 saturated heterocycles. The maximum atomic E-state index is 2.71. The van der Waals surface area contributed by atoms with E-state index in [9.17, 15) is 0 Å². The molecule has 0 N–H and O–H groups in total. The molecular formula is C23H44B. The molecule has 0 spiro atoms. The zero-order chi connectivity index (χ0) is 15.5. The minimum absolute atomic E-state index is 0. The fraction of sp³-hybridized carbons (Fsp3) is 1.00. The lowest BCUT2D eigenvalue weighted by molar-refractivity contribution is -0.113. The van der Waals surface area contributed by atoms with Crippen molar-refractivity contribution in [3.63, 3.8) is 0 Å². The summed E-state index contributed by atoms with van der Waals surface area (Å²) >= 11 is 0. The van der Waals surface area contributed by atoms with E-state index in [1.807, 2.05) is 0 Å². The van der Waals surface area contributed by atoms with Crippen molar-refractivity contribution in [2.45, 2.75) is 99.3 Å². The summed E-state index contributed by atoms with van der Waals surface area (Å²) in [5.41, 5.74) is 1.41. The molecule has 0 heterocycles. The lowest BCUT2D eigenvalue weighted by Crippen LogP contribution is -2.53. The molecule has 4 aliphatic rings. The summed E-state index contributed by atoms with van der Waals surface area (Å²) in [5, 5.41) is 0. The first-order chi connectivity index (χ1) is 10.5. The Balaban J connectivity index is 0.00000104. The van der Waals surface area contributed by atoms with Crippen molar-refractivity contribution in [1.82, 2.24) is 0 Å². The normalized spacial score (nSPS) is 50.1. The van der Waals surface area contributed by atoms with Gasteiger partial charge in [-0.05, 0) is 97.7 Å². The average molecular weight is 332 g/mol. The van der Waals surface area contributed by atoms with Crippen molar-refractivity contribution >= 4 is 8.41 Å². The van der Waals surface area contributed by atoms with Crippen LogP contribution in [0.2, 0.25) is 0 Å². The summed E-state index contributed by atoms with van der Waals surface area (Å²) in [4.78, 5) is 0. The molecule has 4 saturated carbocycles. The SMILES string of the molecule is C.CC(C)C1CCC2C3CCC4CCCC[C@]4(C)C3CC[C@]12C.[2HH].[B]. The zero-order valence-electron chi connectivity index (χ0n) is 16.1. The van der Waals surface area contributed by atoms with Crippen LogP contribution in [-0.4, -0.2) is 8.41 Å². The van der Waals surface area contributed by atoms with Gasteiger partial charge in [0.1, 0.15) is 0 Å². The van der Waals surface area contributed by atoms with Crippen LogP contribution in [0.5, 0.6) is 0 Å². The van der Waals surface area contributed by atoms with Gasteiger partial charge in [0, 0.05) is 9.84 Å². The third-order valence-electron chi connectivity index (χ3n) is 9.46. The number of hydrogen-bond acceptors (Lipinski definition) is 0. The molecule has 139 valence electrons. The third-order valence-corrected chi connectivity index (χ3v) is 9.46.